The Morgan fingerprint density at radius 1 is 1.26 bits per heavy atom. The molecule has 4 aromatic rings. The smallest absolute Gasteiger partial charge is 0.187 e. The van der Waals surface area contributed by atoms with Crippen molar-refractivity contribution < 1.29 is 8.95 Å². The van der Waals surface area contributed by atoms with Gasteiger partial charge in [-0.05, 0) is 50.6 Å². The number of nitrogens with zero attached hydrogens (tertiary/aromatic N) is 3. The van der Waals surface area contributed by atoms with Crippen molar-refractivity contribution in [3.63, 3.8) is 0 Å². The van der Waals surface area contributed by atoms with Crippen LogP contribution in [0.3, 0.4) is 0 Å². The second-order valence-corrected chi connectivity index (χ2v) is 9.35. The molecule has 0 aliphatic rings. The van der Waals surface area contributed by atoms with Crippen molar-refractivity contribution in [2.45, 2.75) is 44.7 Å². The summed E-state index contributed by atoms with van der Waals surface area (Å²) >= 11 is 1.49. The summed E-state index contributed by atoms with van der Waals surface area (Å²) < 4.78 is 19.8. The Kier molecular flexibility index (Phi) is 6.35. The van der Waals surface area contributed by atoms with Crippen LogP contribution in [0.1, 0.15) is 27.2 Å². The summed E-state index contributed by atoms with van der Waals surface area (Å²) in [6, 6.07) is 11.4. The van der Waals surface area contributed by atoms with Crippen molar-refractivity contribution in [2.75, 3.05) is 5.32 Å². The van der Waals surface area contributed by atoms with Gasteiger partial charge < -0.3 is 14.6 Å². The fourth-order valence-corrected chi connectivity index (χ4v) is 4.48. The summed E-state index contributed by atoms with van der Waals surface area (Å²) in [6.07, 6.45) is 2.95. The lowest BCUT2D eigenvalue weighted by Crippen LogP contribution is -2.09. The van der Waals surface area contributed by atoms with Crippen LogP contribution in [-0.2, 0) is 17.5 Å². The van der Waals surface area contributed by atoms with E-state index in [1.54, 1.807) is 18.2 Å². The van der Waals surface area contributed by atoms with Crippen molar-refractivity contribution in [1.82, 2.24) is 14.5 Å². The minimum absolute atomic E-state index is 0.000808. The van der Waals surface area contributed by atoms with Crippen molar-refractivity contribution in [2.24, 2.45) is 5.14 Å². The first-order valence-electron chi connectivity index (χ1n) is 10.1. The van der Waals surface area contributed by atoms with Crippen LogP contribution in [0.2, 0.25) is 0 Å². The van der Waals surface area contributed by atoms with Crippen molar-refractivity contribution in [3.05, 3.63) is 48.1 Å². The van der Waals surface area contributed by atoms with E-state index in [2.05, 4.69) is 40.0 Å². The number of aromatic nitrogens is 3. The van der Waals surface area contributed by atoms with Crippen LogP contribution in [0.25, 0.3) is 22.3 Å². The summed E-state index contributed by atoms with van der Waals surface area (Å²) in [5.41, 5.74) is 4.64. The zero-order chi connectivity index (χ0) is 22.0. The number of fused-ring (bicyclic) bond motifs is 1. The fourth-order valence-electron chi connectivity index (χ4n) is 3.31. The summed E-state index contributed by atoms with van der Waals surface area (Å²) in [4.78, 5) is 9.78. The number of nitrogens with one attached hydrogen (secondary N) is 1. The monoisotopic (exact) mass is 455 g/mol. The lowest BCUT2D eigenvalue weighted by Gasteiger charge is -2.15. The largest absolute Gasteiger partial charge is 0.489 e. The first-order valence-corrected chi connectivity index (χ1v) is 12.2. The van der Waals surface area contributed by atoms with Crippen molar-refractivity contribution >= 4 is 44.2 Å². The van der Waals surface area contributed by atoms with Gasteiger partial charge in [-0.3, -0.25) is 0 Å². The summed E-state index contributed by atoms with van der Waals surface area (Å²) in [7, 11) is -1.58. The molecule has 1 atom stereocenters. The first kappa shape index (κ1) is 21.5. The number of hydrogen-bond acceptors (Lipinski definition) is 6. The van der Waals surface area contributed by atoms with E-state index in [9.17, 15) is 4.21 Å². The number of thiazole rings is 1. The maximum absolute atomic E-state index is 11.7. The predicted octanol–water partition coefficient (Wildman–Crippen LogP) is 5.08. The molecule has 162 valence electrons. The third kappa shape index (κ3) is 4.79. The molecule has 3 N–H and O–H groups in total. The van der Waals surface area contributed by atoms with Crippen LogP contribution in [0, 0.1) is 0 Å². The van der Waals surface area contributed by atoms with E-state index in [0.717, 1.165) is 35.3 Å². The highest BCUT2D eigenvalue weighted by molar-refractivity contribution is 7.82. The molecule has 0 saturated heterocycles. The van der Waals surface area contributed by atoms with Gasteiger partial charge in [-0.15, -0.1) is 11.3 Å². The van der Waals surface area contributed by atoms with Crippen LogP contribution >= 0.6 is 11.3 Å². The number of rotatable bonds is 8. The highest BCUT2D eigenvalue weighted by Gasteiger charge is 2.13. The van der Waals surface area contributed by atoms with Crippen LogP contribution in [0.5, 0.6) is 5.75 Å². The highest BCUT2D eigenvalue weighted by atomic mass is 32.2. The van der Waals surface area contributed by atoms with Crippen LogP contribution in [-0.4, -0.2) is 24.8 Å². The number of benzene rings is 2. The Balaban J connectivity index is 1.61. The normalized spacial score (nSPS) is 12.4. The molecule has 2 aromatic carbocycles. The Hall–Kier alpha value is -2.75. The molecule has 0 fully saturated rings. The topological polar surface area (TPSA) is 95.1 Å². The minimum Gasteiger partial charge on any atom is -0.489 e. The van der Waals surface area contributed by atoms with Gasteiger partial charge in [0.15, 0.2) is 5.13 Å². The van der Waals surface area contributed by atoms with E-state index in [0.29, 0.717) is 21.5 Å². The standard InChI is InChI=1S/C22H25N5O2S2/c1-4-9-27-13-24-17-10-15(5-7-20(17)27)19-12-30-22(26-19)25-18-11-16(31(23)28)6-8-21(18)29-14(2)3/h5-8,10-14H,4,9,23H2,1-3H3,(H,25,26). The molecule has 0 aliphatic heterocycles. The summed E-state index contributed by atoms with van der Waals surface area (Å²) in [6.45, 7) is 7.02. The van der Waals surface area contributed by atoms with Gasteiger partial charge in [-0.25, -0.2) is 19.3 Å². The molecule has 7 nitrogen and oxygen atoms in total. The number of ether oxygens (including phenoxy) is 1. The summed E-state index contributed by atoms with van der Waals surface area (Å²) in [5.74, 6) is 0.656. The second-order valence-electron chi connectivity index (χ2n) is 7.43. The molecule has 9 heteroatoms. The van der Waals surface area contributed by atoms with Crippen LogP contribution in [0.15, 0.2) is 53.0 Å². The quantitative estimate of drug-likeness (QED) is 0.386. The van der Waals surface area contributed by atoms with Gasteiger partial charge in [0.1, 0.15) is 16.7 Å². The zero-order valence-corrected chi connectivity index (χ0v) is 19.3. The minimum atomic E-state index is -1.58. The van der Waals surface area contributed by atoms with Gasteiger partial charge in [0.25, 0.3) is 0 Å². The number of aryl methyl sites for hydroxylation is 1. The molecule has 0 bridgehead atoms. The average Bonchev–Trinajstić information content (AvgIpc) is 3.36. The molecule has 0 spiro atoms. The third-order valence-corrected chi connectivity index (χ3v) is 6.15. The lowest BCUT2D eigenvalue weighted by atomic mass is 10.1. The van der Waals surface area contributed by atoms with E-state index < -0.39 is 11.0 Å². The highest BCUT2D eigenvalue weighted by Crippen LogP contribution is 2.34. The van der Waals surface area contributed by atoms with Crippen LogP contribution in [0.4, 0.5) is 10.8 Å². The third-order valence-electron chi connectivity index (χ3n) is 4.67. The molecule has 0 amide bonds. The van der Waals surface area contributed by atoms with E-state index in [4.69, 9.17) is 14.9 Å². The average molecular weight is 456 g/mol. The van der Waals surface area contributed by atoms with Gasteiger partial charge in [0, 0.05) is 17.5 Å². The second kappa shape index (κ2) is 9.17. The molecule has 2 heterocycles. The van der Waals surface area contributed by atoms with Gasteiger partial charge in [-0.2, -0.15) is 0 Å². The molecule has 0 radical (unpaired) electrons. The molecular weight excluding hydrogens is 430 g/mol. The Morgan fingerprint density at radius 3 is 2.84 bits per heavy atom. The Bertz CT molecular complexity index is 1230. The molecule has 2 aromatic heterocycles. The van der Waals surface area contributed by atoms with E-state index in [-0.39, 0.29) is 6.10 Å². The van der Waals surface area contributed by atoms with Crippen molar-refractivity contribution in [1.29, 1.82) is 0 Å². The molecule has 1 unspecified atom stereocenters. The first-order chi connectivity index (χ1) is 14.9. The maximum atomic E-state index is 11.7. The van der Waals surface area contributed by atoms with Crippen molar-refractivity contribution in [3.8, 4) is 17.0 Å². The fraction of sp³-hybridized carbons (Fsp3) is 0.273. The van der Waals surface area contributed by atoms with Gasteiger partial charge in [-0.1, -0.05) is 13.0 Å². The van der Waals surface area contributed by atoms with E-state index in [1.165, 1.54) is 11.3 Å². The Morgan fingerprint density at radius 2 is 2.10 bits per heavy atom. The van der Waals surface area contributed by atoms with Gasteiger partial charge >= 0.3 is 0 Å². The summed E-state index contributed by atoms with van der Waals surface area (Å²) in [5, 5.41) is 11.6. The number of anilines is 2. The van der Waals surface area contributed by atoms with Gasteiger partial charge in [0.2, 0.25) is 0 Å². The Labute approximate surface area is 187 Å². The number of hydrogen-bond donors (Lipinski definition) is 2. The van der Waals surface area contributed by atoms with E-state index in [1.807, 2.05) is 25.6 Å². The predicted molar refractivity (Wildman–Crippen MR) is 127 cm³/mol. The lowest BCUT2D eigenvalue weighted by molar-refractivity contribution is 0.243. The number of nitrogens with two attached hydrogens (primary N) is 1. The number of imidazole rings is 1. The molecule has 4 rings (SSSR count). The maximum Gasteiger partial charge on any atom is 0.187 e. The van der Waals surface area contributed by atoms with E-state index >= 15 is 0 Å². The molecule has 0 saturated carbocycles. The molecule has 0 aliphatic carbocycles. The zero-order valence-electron chi connectivity index (χ0n) is 17.7. The van der Waals surface area contributed by atoms with Crippen LogP contribution < -0.4 is 15.2 Å². The SMILES string of the molecule is CCCn1cnc2cc(-c3csc(Nc4cc(S(N)=O)ccc4OC(C)C)n3)ccc21. The molecular formula is C22H25N5O2S2. The van der Waals surface area contributed by atoms with Gasteiger partial charge in [0.05, 0.1) is 39.7 Å². The molecule has 31 heavy (non-hydrogen) atoms.